The molecule has 6 nitrogen and oxygen atoms in total. The average molecular weight is 244 g/mol. The number of hydrogen-bond acceptors (Lipinski definition) is 3. The zero-order valence-corrected chi connectivity index (χ0v) is 10.5. The van der Waals surface area contributed by atoms with Crippen molar-refractivity contribution in [1.29, 1.82) is 0 Å². The first kappa shape index (κ1) is 13.8. The summed E-state index contributed by atoms with van der Waals surface area (Å²) in [7, 11) is 1.63. The second-order valence-electron chi connectivity index (χ2n) is 4.46. The highest BCUT2D eigenvalue weighted by Gasteiger charge is 2.28. The van der Waals surface area contributed by atoms with Crippen molar-refractivity contribution < 1.29 is 19.4 Å². The van der Waals surface area contributed by atoms with Crippen LogP contribution in [0.4, 0.5) is 4.79 Å². The molecule has 0 aromatic rings. The van der Waals surface area contributed by atoms with Crippen LogP contribution in [0.3, 0.4) is 0 Å². The lowest BCUT2D eigenvalue weighted by Crippen LogP contribution is -2.46. The van der Waals surface area contributed by atoms with Gasteiger partial charge in [-0.2, -0.15) is 0 Å². The molecule has 98 valence electrons. The summed E-state index contributed by atoms with van der Waals surface area (Å²) in [6.45, 7) is 4.49. The third kappa shape index (κ3) is 3.59. The maximum Gasteiger partial charge on any atom is 0.317 e. The van der Waals surface area contributed by atoms with Gasteiger partial charge in [0.15, 0.2) is 0 Å². The molecule has 0 radical (unpaired) electrons. The normalized spacial score (nSPS) is 23.2. The van der Waals surface area contributed by atoms with E-state index in [4.69, 9.17) is 9.84 Å². The Labute approximate surface area is 101 Å². The van der Waals surface area contributed by atoms with Gasteiger partial charge in [0, 0.05) is 26.2 Å². The third-order valence-corrected chi connectivity index (χ3v) is 3.26. The molecule has 0 aliphatic carbocycles. The van der Waals surface area contributed by atoms with Crippen LogP contribution in [0.2, 0.25) is 0 Å². The van der Waals surface area contributed by atoms with Crippen molar-refractivity contribution in [1.82, 2.24) is 10.2 Å². The van der Waals surface area contributed by atoms with E-state index in [2.05, 4.69) is 5.32 Å². The number of hydrogen-bond donors (Lipinski definition) is 2. The average Bonchev–Trinajstić information content (AvgIpc) is 2.76. The van der Waals surface area contributed by atoms with Crippen LogP contribution < -0.4 is 5.32 Å². The minimum absolute atomic E-state index is 0.0907. The number of carboxylic acid groups (broad SMARTS) is 1. The molecule has 0 aromatic carbocycles. The first-order chi connectivity index (χ1) is 7.95. The molecule has 1 aliphatic rings. The third-order valence-electron chi connectivity index (χ3n) is 3.26. The monoisotopic (exact) mass is 244 g/mol. The Hall–Kier alpha value is -1.30. The maximum atomic E-state index is 11.8. The van der Waals surface area contributed by atoms with Crippen LogP contribution in [0.1, 0.15) is 20.3 Å². The minimum atomic E-state index is -0.908. The van der Waals surface area contributed by atoms with E-state index in [1.165, 1.54) is 0 Å². The summed E-state index contributed by atoms with van der Waals surface area (Å²) in [5, 5.41) is 11.5. The van der Waals surface area contributed by atoms with Crippen LogP contribution in [0.25, 0.3) is 0 Å². The molecule has 2 N–H and O–H groups in total. The molecule has 1 aliphatic heterocycles. The van der Waals surface area contributed by atoms with E-state index in [-0.39, 0.29) is 18.2 Å². The van der Waals surface area contributed by atoms with Crippen molar-refractivity contribution in [2.45, 2.75) is 32.4 Å². The Bertz CT molecular complexity index is 295. The predicted octanol–water partition coefficient (Wildman–Crippen LogP) is 0.526. The van der Waals surface area contributed by atoms with Gasteiger partial charge in [0.1, 0.15) is 0 Å². The lowest BCUT2D eigenvalue weighted by molar-refractivity contribution is -0.141. The lowest BCUT2D eigenvalue weighted by Gasteiger charge is -2.22. The van der Waals surface area contributed by atoms with Gasteiger partial charge in [-0.3, -0.25) is 4.79 Å². The zero-order valence-electron chi connectivity index (χ0n) is 10.5. The summed E-state index contributed by atoms with van der Waals surface area (Å²) >= 11 is 0. The molecule has 0 bridgehead atoms. The van der Waals surface area contributed by atoms with Crippen LogP contribution in [0, 0.1) is 5.92 Å². The molecule has 1 rings (SSSR count). The van der Waals surface area contributed by atoms with E-state index in [1.54, 1.807) is 25.9 Å². The van der Waals surface area contributed by atoms with E-state index >= 15 is 0 Å². The fraction of sp³-hybridized carbons (Fsp3) is 0.818. The second-order valence-corrected chi connectivity index (χ2v) is 4.46. The summed E-state index contributed by atoms with van der Waals surface area (Å²) < 4.78 is 5.17. The van der Waals surface area contributed by atoms with Gasteiger partial charge in [-0.15, -0.1) is 0 Å². The van der Waals surface area contributed by atoms with Crippen molar-refractivity contribution in [3.63, 3.8) is 0 Å². The van der Waals surface area contributed by atoms with Gasteiger partial charge in [-0.1, -0.05) is 0 Å². The first-order valence-electron chi connectivity index (χ1n) is 5.76. The molecule has 1 heterocycles. The number of carbonyl (C=O) groups excluding carboxylic acids is 1. The van der Waals surface area contributed by atoms with Gasteiger partial charge in [-0.25, -0.2) is 4.79 Å². The van der Waals surface area contributed by atoms with Crippen LogP contribution in [0.5, 0.6) is 0 Å². The Balaban J connectivity index is 2.42. The molecule has 2 amide bonds. The van der Waals surface area contributed by atoms with Crippen LogP contribution in [-0.2, 0) is 9.53 Å². The lowest BCUT2D eigenvalue weighted by atomic mass is 10.0. The number of aliphatic carboxylic acids is 1. The van der Waals surface area contributed by atoms with Crippen molar-refractivity contribution in [2.75, 3.05) is 20.2 Å². The number of urea groups is 1. The molecule has 6 heteroatoms. The Morgan fingerprint density at radius 3 is 2.59 bits per heavy atom. The fourth-order valence-corrected chi connectivity index (χ4v) is 1.73. The number of rotatable bonds is 4. The highest BCUT2D eigenvalue weighted by atomic mass is 16.5. The van der Waals surface area contributed by atoms with Crippen LogP contribution in [-0.4, -0.2) is 54.4 Å². The summed E-state index contributed by atoms with van der Waals surface area (Å²) in [5.74, 6) is -1.51. The molecule has 3 atom stereocenters. The number of likely N-dealkylation sites (tertiary alicyclic amines) is 1. The van der Waals surface area contributed by atoms with Crippen LogP contribution >= 0.6 is 0 Å². The highest BCUT2D eigenvalue weighted by molar-refractivity contribution is 5.76. The van der Waals surface area contributed by atoms with E-state index in [0.29, 0.717) is 13.1 Å². The zero-order chi connectivity index (χ0) is 13.0. The molecular formula is C11H20N2O4. The standard InChI is InChI=1S/C11H20N2O4/c1-7(10(14)15)8(2)12-11(16)13-5-4-9(6-13)17-3/h7-9H,4-6H2,1-3H3,(H,12,16)(H,14,15). The van der Waals surface area contributed by atoms with Crippen molar-refractivity contribution >= 4 is 12.0 Å². The number of nitrogens with one attached hydrogen (secondary N) is 1. The van der Waals surface area contributed by atoms with E-state index in [1.807, 2.05) is 0 Å². The molecule has 3 unspecified atom stereocenters. The van der Waals surface area contributed by atoms with Gasteiger partial charge in [0.05, 0.1) is 12.0 Å². The van der Waals surface area contributed by atoms with E-state index in [9.17, 15) is 9.59 Å². The smallest absolute Gasteiger partial charge is 0.317 e. The van der Waals surface area contributed by atoms with Crippen molar-refractivity contribution in [2.24, 2.45) is 5.92 Å². The topological polar surface area (TPSA) is 78.9 Å². The van der Waals surface area contributed by atoms with Gasteiger partial charge in [0.2, 0.25) is 0 Å². The molecule has 1 fully saturated rings. The molecule has 1 saturated heterocycles. The fourth-order valence-electron chi connectivity index (χ4n) is 1.73. The number of ether oxygens (including phenoxy) is 1. The first-order valence-corrected chi connectivity index (χ1v) is 5.76. The number of carbonyl (C=O) groups is 2. The summed E-state index contributed by atoms with van der Waals surface area (Å²) in [6, 6.07) is -0.605. The number of carboxylic acids is 1. The van der Waals surface area contributed by atoms with Gasteiger partial charge in [-0.05, 0) is 20.3 Å². The number of methoxy groups -OCH3 is 1. The van der Waals surface area contributed by atoms with Gasteiger partial charge in [0.25, 0.3) is 0 Å². The summed E-state index contributed by atoms with van der Waals surface area (Å²) in [5.41, 5.74) is 0. The Morgan fingerprint density at radius 2 is 2.12 bits per heavy atom. The van der Waals surface area contributed by atoms with E-state index < -0.39 is 11.9 Å². The number of nitrogens with zero attached hydrogens (tertiary/aromatic N) is 1. The highest BCUT2D eigenvalue weighted by Crippen LogP contribution is 2.12. The Morgan fingerprint density at radius 1 is 1.47 bits per heavy atom. The summed E-state index contributed by atoms with van der Waals surface area (Å²) in [6.07, 6.45) is 0.917. The molecule has 0 spiro atoms. The molecule has 17 heavy (non-hydrogen) atoms. The quantitative estimate of drug-likeness (QED) is 0.756. The van der Waals surface area contributed by atoms with Crippen molar-refractivity contribution in [3.05, 3.63) is 0 Å². The number of amides is 2. The SMILES string of the molecule is COC1CCN(C(=O)NC(C)C(C)C(=O)O)C1. The van der Waals surface area contributed by atoms with Crippen LogP contribution in [0.15, 0.2) is 0 Å². The van der Waals surface area contributed by atoms with Gasteiger partial charge < -0.3 is 20.1 Å². The molecular weight excluding hydrogens is 224 g/mol. The molecule has 0 aromatic heterocycles. The predicted molar refractivity (Wildman–Crippen MR) is 61.8 cm³/mol. The molecule has 0 saturated carbocycles. The van der Waals surface area contributed by atoms with Gasteiger partial charge >= 0.3 is 12.0 Å². The second kappa shape index (κ2) is 5.86. The maximum absolute atomic E-state index is 11.8. The van der Waals surface area contributed by atoms with E-state index in [0.717, 1.165) is 6.42 Å². The van der Waals surface area contributed by atoms with Crippen molar-refractivity contribution in [3.8, 4) is 0 Å². The summed E-state index contributed by atoms with van der Waals surface area (Å²) in [4.78, 5) is 24.2. The minimum Gasteiger partial charge on any atom is -0.481 e. The largest absolute Gasteiger partial charge is 0.481 e. The Kier molecular flexibility index (Phi) is 4.74.